The molecule has 28 heavy (non-hydrogen) atoms. The van der Waals surface area contributed by atoms with Crippen LogP contribution in [0.5, 0.6) is 5.75 Å². The highest BCUT2D eigenvalue weighted by Gasteiger charge is 2.35. The van der Waals surface area contributed by atoms with Gasteiger partial charge in [0.05, 0.1) is 24.9 Å². The average Bonchev–Trinajstić information content (AvgIpc) is 2.60. The molecular formula is C18H15F6N3O. The highest BCUT2D eigenvalue weighted by Crippen LogP contribution is 2.39. The third-order valence-electron chi connectivity index (χ3n) is 3.66. The second-order valence-electron chi connectivity index (χ2n) is 5.83. The zero-order valence-corrected chi connectivity index (χ0v) is 14.6. The molecule has 0 saturated heterocycles. The standard InChI is InChI=1S/C18H15F6N3O/c1-12-3-5-14(10-26-12)28-8-7-27(11-17(19,20)21)13-4-6-16(25-2)15(9-13)18(22,23)24/h3-6,9-10H,7-8,11H2,1H3. The minimum Gasteiger partial charge on any atom is -0.490 e. The maximum Gasteiger partial charge on any atom is 0.407 e. The summed E-state index contributed by atoms with van der Waals surface area (Å²) in [6, 6.07) is 5.71. The molecule has 0 atom stereocenters. The average molecular weight is 403 g/mol. The normalized spacial score (nSPS) is 11.8. The molecular weight excluding hydrogens is 388 g/mol. The molecule has 1 aromatic heterocycles. The van der Waals surface area contributed by atoms with Crippen molar-refractivity contribution in [1.82, 2.24) is 4.98 Å². The summed E-state index contributed by atoms with van der Waals surface area (Å²) >= 11 is 0. The predicted octanol–water partition coefficient (Wildman–Crippen LogP) is 5.41. The van der Waals surface area contributed by atoms with E-state index in [1.54, 1.807) is 19.1 Å². The van der Waals surface area contributed by atoms with E-state index in [0.29, 0.717) is 11.8 Å². The first-order valence-electron chi connectivity index (χ1n) is 7.95. The van der Waals surface area contributed by atoms with Crippen molar-refractivity contribution >= 4 is 11.4 Å². The van der Waals surface area contributed by atoms with Crippen molar-refractivity contribution in [2.75, 3.05) is 24.6 Å². The van der Waals surface area contributed by atoms with Crippen LogP contribution in [-0.4, -0.2) is 30.9 Å². The van der Waals surface area contributed by atoms with Crippen LogP contribution in [0.3, 0.4) is 0 Å². The zero-order chi connectivity index (χ0) is 20.9. The molecule has 0 radical (unpaired) electrons. The van der Waals surface area contributed by atoms with Crippen molar-refractivity contribution in [2.45, 2.75) is 19.3 Å². The Kier molecular flexibility index (Phi) is 6.38. The number of aromatic nitrogens is 1. The first kappa shape index (κ1) is 21.3. The molecule has 0 amide bonds. The summed E-state index contributed by atoms with van der Waals surface area (Å²) in [5.74, 6) is 0.330. The van der Waals surface area contributed by atoms with E-state index in [9.17, 15) is 26.3 Å². The van der Waals surface area contributed by atoms with E-state index in [1.807, 2.05) is 0 Å². The summed E-state index contributed by atoms with van der Waals surface area (Å²) in [7, 11) is 0. The van der Waals surface area contributed by atoms with Crippen molar-refractivity contribution in [3.63, 3.8) is 0 Å². The monoisotopic (exact) mass is 403 g/mol. The lowest BCUT2D eigenvalue weighted by Crippen LogP contribution is -2.37. The lowest BCUT2D eigenvalue weighted by Gasteiger charge is -2.27. The first-order chi connectivity index (χ1) is 13.0. The summed E-state index contributed by atoms with van der Waals surface area (Å²) in [4.78, 5) is 7.49. The molecule has 0 spiro atoms. The molecule has 0 aliphatic rings. The van der Waals surface area contributed by atoms with Gasteiger partial charge in [-0.05, 0) is 31.2 Å². The van der Waals surface area contributed by atoms with Gasteiger partial charge in [-0.1, -0.05) is 6.07 Å². The number of ether oxygens (including phenoxy) is 1. The maximum absolute atomic E-state index is 13.1. The van der Waals surface area contributed by atoms with Gasteiger partial charge in [0, 0.05) is 11.4 Å². The van der Waals surface area contributed by atoms with Gasteiger partial charge in [0.25, 0.3) is 0 Å². The van der Waals surface area contributed by atoms with Crippen molar-refractivity contribution in [2.24, 2.45) is 0 Å². The number of anilines is 1. The number of nitrogens with zero attached hydrogens (tertiary/aromatic N) is 3. The molecule has 2 rings (SSSR count). The Labute approximate surface area is 157 Å². The quantitative estimate of drug-likeness (QED) is 0.477. The van der Waals surface area contributed by atoms with Gasteiger partial charge in [0.2, 0.25) is 0 Å². The fourth-order valence-corrected chi connectivity index (χ4v) is 2.37. The molecule has 0 aliphatic heterocycles. The van der Waals surface area contributed by atoms with Crippen molar-refractivity contribution in [1.29, 1.82) is 0 Å². The minimum atomic E-state index is -4.86. The topological polar surface area (TPSA) is 29.7 Å². The highest BCUT2D eigenvalue weighted by molar-refractivity contribution is 5.62. The van der Waals surface area contributed by atoms with Crippen molar-refractivity contribution in [3.8, 4) is 5.75 Å². The third kappa shape index (κ3) is 6.04. The minimum absolute atomic E-state index is 0.202. The number of rotatable bonds is 6. The van der Waals surface area contributed by atoms with Gasteiger partial charge in [-0.25, -0.2) is 4.85 Å². The lowest BCUT2D eigenvalue weighted by molar-refractivity contribution is -0.136. The summed E-state index contributed by atoms with van der Waals surface area (Å²) in [6.45, 7) is 6.58. The van der Waals surface area contributed by atoms with E-state index in [-0.39, 0.29) is 18.8 Å². The third-order valence-corrected chi connectivity index (χ3v) is 3.66. The van der Waals surface area contributed by atoms with Gasteiger partial charge in [0.15, 0.2) is 5.69 Å². The molecule has 0 bridgehead atoms. The van der Waals surface area contributed by atoms with Crippen molar-refractivity contribution in [3.05, 3.63) is 59.2 Å². The molecule has 0 saturated carbocycles. The number of hydrogen-bond donors (Lipinski definition) is 0. The van der Waals surface area contributed by atoms with Gasteiger partial charge >= 0.3 is 12.4 Å². The SMILES string of the molecule is [C-]#[N+]c1ccc(N(CCOc2ccc(C)nc2)CC(F)(F)F)cc1C(F)(F)F. The fraction of sp³-hybridized carbons (Fsp3) is 0.333. The van der Waals surface area contributed by atoms with E-state index < -0.39 is 30.1 Å². The van der Waals surface area contributed by atoms with Crippen LogP contribution in [0, 0.1) is 13.5 Å². The highest BCUT2D eigenvalue weighted by atomic mass is 19.4. The summed E-state index contributed by atoms with van der Waals surface area (Å²) in [5.41, 5.74) is -1.53. The number of benzene rings is 1. The van der Waals surface area contributed by atoms with Crippen LogP contribution in [0.2, 0.25) is 0 Å². The van der Waals surface area contributed by atoms with Crippen LogP contribution in [0.4, 0.5) is 37.7 Å². The number of hydrogen-bond acceptors (Lipinski definition) is 3. The Morgan fingerprint density at radius 3 is 2.36 bits per heavy atom. The fourth-order valence-electron chi connectivity index (χ4n) is 2.37. The molecule has 150 valence electrons. The Hall–Kier alpha value is -2.96. The van der Waals surface area contributed by atoms with Gasteiger partial charge in [-0.15, -0.1) is 0 Å². The maximum atomic E-state index is 13.1. The predicted molar refractivity (Wildman–Crippen MR) is 90.4 cm³/mol. The Morgan fingerprint density at radius 1 is 1.11 bits per heavy atom. The van der Waals surface area contributed by atoms with E-state index in [2.05, 4.69) is 9.83 Å². The lowest BCUT2D eigenvalue weighted by atomic mass is 10.1. The smallest absolute Gasteiger partial charge is 0.407 e. The Bertz CT molecular complexity index is 840. The second kappa shape index (κ2) is 8.37. The molecule has 1 aromatic carbocycles. The first-order valence-corrected chi connectivity index (χ1v) is 7.95. The van der Waals surface area contributed by atoms with Crippen LogP contribution >= 0.6 is 0 Å². The summed E-state index contributed by atoms with van der Waals surface area (Å²) in [6.07, 6.45) is -8.10. The second-order valence-corrected chi connectivity index (χ2v) is 5.83. The van der Waals surface area contributed by atoms with Gasteiger partial charge in [-0.3, -0.25) is 4.98 Å². The Balaban J connectivity index is 2.23. The zero-order valence-electron chi connectivity index (χ0n) is 14.6. The number of alkyl halides is 6. The molecule has 10 heteroatoms. The molecule has 0 fully saturated rings. The largest absolute Gasteiger partial charge is 0.490 e. The van der Waals surface area contributed by atoms with Crippen molar-refractivity contribution < 1.29 is 31.1 Å². The van der Waals surface area contributed by atoms with E-state index in [4.69, 9.17) is 11.3 Å². The van der Waals surface area contributed by atoms with Crippen LogP contribution in [-0.2, 0) is 6.18 Å². The van der Waals surface area contributed by atoms with E-state index >= 15 is 0 Å². The summed E-state index contributed by atoms with van der Waals surface area (Å²) in [5, 5.41) is 0. The number of aryl methyl sites for hydroxylation is 1. The van der Waals surface area contributed by atoms with Crippen LogP contribution in [0.25, 0.3) is 4.85 Å². The van der Waals surface area contributed by atoms with Crippen LogP contribution < -0.4 is 9.64 Å². The molecule has 1 heterocycles. The van der Waals surface area contributed by atoms with Gasteiger partial charge < -0.3 is 9.64 Å². The van der Waals surface area contributed by atoms with E-state index in [0.717, 1.165) is 22.7 Å². The number of pyridine rings is 1. The number of halogens is 6. The van der Waals surface area contributed by atoms with Gasteiger partial charge in [-0.2, -0.15) is 26.3 Å². The molecule has 2 aromatic rings. The van der Waals surface area contributed by atoms with E-state index in [1.165, 1.54) is 6.20 Å². The van der Waals surface area contributed by atoms with Crippen LogP contribution in [0.15, 0.2) is 36.5 Å². The molecule has 0 unspecified atom stereocenters. The van der Waals surface area contributed by atoms with Crippen LogP contribution in [0.1, 0.15) is 11.3 Å². The molecule has 0 aliphatic carbocycles. The molecule has 0 N–H and O–H groups in total. The summed E-state index contributed by atoms with van der Waals surface area (Å²) < 4.78 is 83.4. The van der Waals surface area contributed by atoms with Gasteiger partial charge in [0.1, 0.15) is 18.9 Å². The Morgan fingerprint density at radius 2 is 1.82 bits per heavy atom. The molecule has 4 nitrogen and oxygen atoms in total.